The first-order chi connectivity index (χ1) is 12.0. The van der Waals surface area contributed by atoms with Crippen LogP contribution in [0.4, 0.5) is 0 Å². The summed E-state index contributed by atoms with van der Waals surface area (Å²) in [6.45, 7) is 1.79. The lowest BCUT2D eigenvalue weighted by Gasteiger charge is -2.13. The van der Waals surface area contributed by atoms with Crippen LogP contribution in [0.1, 0.15) is 50.6 Å². The Morgan fingerprint density at radius 1 is 1.36 bits per heavy atom. The second-order valence-electron chi connectivity index (χ2n) is 5.59. The molecule has 25 heavy (non-hydrogen) atoms. The molecule has 0 radical (unpaired) electrons. The Morgan fingerprint density at radius 3 is 2.88 bits per heavy atom. The number of halogens is 1. The van der Waals surface area contributed by atoms with Gasteiger partial charge in [-0.2, -0.15) is 5.10 Å². The van der Waals surface area contributed by atoms with Crippen LogP contribution in [0.25, 0.3) is 0 Å². The Bertz CT molecular complexity index is 873. The number of esters is 1. The highest BCUT2D eigenvalue weighted by Crippen LogP contribution is 2.30. The van der Waals surface area contributed by atoms with Crippen molar-refractivity contribution in [1.82, 2.24) is 10.4 Å². The molecule has 1 aliphatic rings. The lowest BCUT2D eigenvalue weighted by molar-refractivity contribution is 0.0561. The summed E-state index contributed by atoms with van der Waals surface area (Å²) < 4.78 is 11.1. The van der Waals surface area contributed by atoms with Crippen molar-refractivity contribution in [2.75, 3.05) is 7.11 Å². The first-order valence-corrected chi connectivity index (χ1v) is 8.49. The average molecular weight is 406 g/mol. The Morgan fingerprint density at radius 2 is 2.16 bits per heavy atom. The van der Waals surface area contributed by atoms with Crippen LogP contribution in [0.15, 0.2) is 32.5 Å². The van der Waals surface area contributed by atoms with Crippen molar-refractivity contribution < 1.29 is 18.7 Å². The van der Waals surface area contributed by atoms with Crippen LogP contribution < -0.4 is 5.43 Å². The van der Waals surface area contributed by atoms with Gasteiger partial charge in [-0.05, 0) is 41.8 Å². The van der Waals surface area contributed by atoms with Crippen LogP contribution in [0.5, 0.6) is 0 Å². The van der Waals surface area contributed by atoms with E-state index in [9.17, 15) is 9.59 Å². The minimum Gasteiger partial charge on any atom is -0.463 e. The average Bonchev–Trinajstić information content (AvgIpc) is 2.96. The Kier molecular flexibility index (Phi) is 4.98. The van der Waals surface area contributed by atoms with Crippen molar-refractivity contribution in [1.29, 1.82) is 0 Å². The molecule has 0 atom stereocenters. The third-order valence-electron chi connectivity index (χ3n) is 3.96. The van der Waals surface area contributed by atoms with Crippen LogP contribution in [-0.4, -0.2) is 29.7 Å². The van der Waals surface area contributed by atoms with Crippen molar-refractivity contribution in [2.45, 2.75) is 26.2 Å². The number of nitrogens with one attached hydrogen (secondary N) is 1. The van der Waals surface area contributed by atoms with Gasteiger partial charge in [0, 0.05) is 34.4 Å². The number of aromatic nitrogens is 1. The van der Waals surface area contributed by atoms with E-state index in [0.29, 0.717) is 33.5 Å². The summed E-state index contributed by atoms with van der Waals surface area (Å²) in [4.78, 5) is 28.0. The number of carbonyl (C=O) groups excluding carboxylic acids is 2. The number of nitrogens with zero attached hydrogens (tertiary/aromatic N) is 2. The minimum atomic E-state index is -0.518. The molecular weight excluding hydrogens is 390 g/mol. The van der Waals surface area contributed by atoms with Crippen molar-refractivity contribution in [2.24, 2.45) is 5.10 Å². The molecular formula is C17H16BrN3O4. The van der Waals surface area contributed by atoms with E-state index in [-0.39, 0.29) is 11.7 Å². The van der Waals surface area contributed by atoms with E-state index >= 15 is 0 Å². The first kappa shape index (κ1) is 17.3. The lowest BCUT2D eigenvalue weighted by Crippen LogP contribution is -2.22. The molecule has 0 saturated carbocycles. The molecule has 0 bridgehead atoms. The summed E-state index contributed by atoms with van der Waals surface area (Å²) >= 11 is 3.28. The topological polar surface area (TPSA) is 93.8 Å². The van der Waals surface area contributed by atoms with Gasteiger partial charge in [-0.3, -0.25) is 9.78 Å². The van der Waals surface area contributed by atoms with Gasteiger partial charge in [0.05, 0.1) is 18.4 Å². The molecule has 1 amide bonds. The molecule has 2 heterocycles. The van der Waals surface area contributed by atoms with Gasteiger partial charge >= 0.3 is 5.97 Å². The maximum Gasteiger partial charge on any atom is 0.374 e. The molecule has 2 aromatic heterocycles. The van der Waals surface area contributed by atoms with Crippen LogP contribution in [-0.2, 0) is 11.2 Å². The molecule has 7 nitrogen and oxygen atoms in total. The SMILES string of the molecule is COC(=O)c1oc2c(c1C)/C(=N/NC(=O)c1cncc(Br)c1)CCC2. The Labute approximate surface area is 152 Å². The molecule has 0 saturated heterocycles. The number of aryl methyl sites for hydroxylation is 1. The van der Waals surface area contributed by atoms with Crippen LogP contribution in [0.3, 0.4) is 0 Å². The molecule has 0 spiro atoms. The summed E-state index contributed by atoms with van der Waals surface area (Å²) in [6.07, 6.45) is 5.29. The highest BCUT2D eigenvalue weighted by Gasteiger charge is 2.28. The Hall–Kier alpha value is -2.48. The Balaban J connectivity index is 1.87. The zero-order valence-electron chi connectivity index (χ0n) is 13.8. The molecule has 2 aromatic rings. The van der Waals surface area contributed by atoms with Crippen LogP contribution in [0, 0.1) is 6.92 Å². The second kappa shape index (κ2) is 7.18. The van der Waals surface area contributed by atoms with Crippen LogP contribution in [0.2, 0.25) is 0 Å². The fraction of sp³-hybridized carbons (Fsp3) is 0.294. The molecule has 0 aromatic carbocycles. The monoisotopic (exact) mass is 405 g/mol. The quantitative estimate of drug-likeness (QED) is 0.625. The van der Waals surface area contributed by atoms with Gasteiger partial charge in [0.15, 0.2) is 0 Å². The maximum atomic E-state index is 12.2. The first-order valence-electron chi connectivity index (χ1n) is 7.69. The van der Waals surface area contributed by atoms with E-state index in [1.807, 2.05) is 0 Å². The highest BCUT2D eigenvalue weighted by atomic mass is 79.9. The van der Waals surface area contributed by atoms with Gasteiger partial charge in [0.25, 0.3) is 5.91 Å². The molecule has 0 unspecified atom stereocenters. The number of furan rings is 1. The number of methoxy groups -OCH3 is 1. The van der Waals surface area contributed by atoms with Crippen molar-refractivity contribution in [3.05, 3.63) is 51.1 Å². The third-order valence-corrected chi connectivity index (χ3v) is 4.39. The minimum absolute atomic E-state index is 0.185. The molecule has 0 aliphatic heterocycles. The van der Waals surface area contributed by atoms with Crippen molar-refractivity contribution in [3.63, 3.8) is 0 Å². The predicted octanol–water partition coefficient (Wildman–Crippen LogP) is 3.00. The number of hydrogen-bond donors (Lipinski definition) is 1. The number of hydrogen-bond acceptors (Lipinski definition) is 6. The third kappa shape index (κ3) is 3.48. The van der Waals surface area contributed by atoms with Crippen LogP contribution >= 0.6 is 15.9 Å². The van der Waals surface area contributed by atoms with E-state index in [1.54, 1.807) is 19.2 Å². The van der Waals surface area contributed by atoms with Crippen molar-refractivity contribution >= 4 is 33.5 Å². The number of pyridine rings is 1. The van der Waals surface area contributed by atoms with Gasteiger partial charge in [-0.1, -0.05) is 0 Å². The molecule has 3 rings (SSSR count). The van der Waals surface area contributed by atoms with E-state index in [1.165, 1.54) is 13.3 Å². The fourth-order valence-corrected chi connectivity index (χ4v) is 3.15. The zero-order valence-corrected chi connectivity index (χ0v) is 15.3. The number of ether oxygens (including phenoxy) is 1. The predicted molar refractivity (Wildman–Crippen MR) is 93.7 cm³/mol. The highest BCUT2D eigenvalue weighted by molar-refractivity contribution is 9.10. The van der Waals surface area contributed by atoms with Gasteiger partial charge in [0.1, 0.15) is 5.76 Å². The standard InChI is InChI=1S/C17H16BrN3O4/c1-9-14-12(4-3-5-13(14)25-15(9)17(23)24-2)20-21-16(22)10-6-11(18)8-19-7-10/h6-8H,3-5H2,1-2H3,(H,21,22)/b20-12+. The maximum absolute atomic E-state index is 12.2. The normalized spacial score (nSPS) is 14.9. The number of fused-ring (bicyclic) bond motifs is 1. The molecule has 1 aliphatic carbocycles. The van der Waals surface area contributed by atoms with Gasteiger partial charge in [0.2, 0.25) is 5.76 Å². The molecule has 8 heteroatoms. The summed E-state index contributed by atoms with van der Waals surface area (Å²) in [7, 11) is 1.31. The van der Waals surface area contributed by atoms with E-state index in [0.717, 1.165) is 18.4 Å². The zero-order chi connectivity index (χ0) is 18.0. The van der Waals surface area contributed by atoms with Gasteiger partial charge < -0.3 is 9.15 Å². The van der Waals surface area contributed by atoms with Gasteiger partial charge in [-0.15, -0.1) is 0 Å². The van der Waals surface area contributed by atoms with E-state index in [2.05, 4.69) is 31.4 Å². The number of carbonyl (C=O) groups is 2. The molecule has 0 fully saturated rings. The molecule has 130 valence electrons. The summed E-state index contributed by atoms with van der Waals surface area (Å²) in [5.41, 5.74) is 5.09. The van der Waals surface area contributed by atoms with Gasteiger partial charge in [-0.25, -0.2) is 10.2 Å². The molecule has 1 N–H and O–H groups in total. The second-order valence-corrected chi connectivity index (χ2v) is 6.51. The number of rotatable bonds is 3. The fourth-order valence-electron chi connectivity index (χ4n) is 2.79. The number of hydrazone groups is 1. The van der Waals surface area contributed by atoms with E-state index < -0.39 is 5.97 Å². The summed E-state index contributed by atoms with van der Waals surface area (Å²) in [5.74, 6) is 0.00384. The smallest absolute Gasteiger partial charge is 0.374 e. The number of amides is 1. The van der Waals surface area contributed by atoms with E-state index in [4.69, 9.17) is 9.15 Å². The lowest BCUT2D eigenvalue weighted by atomic mass is 9.93. The summed E-state index contributed by atoms with van der Waals surface area (Å²) in [6, 6.07) is 1.66. The summed E-state index contributed by atoms with van der Waals surface area (Å²) in [5, 5.41) is 4.25. The van der Waals surface area contributed by atoms with Crippen molar-refractivity contribution in [3.8, 4) is 0 Å². The largest absolute Gasteiger partial charge is 0.463 e.